The summed E-state index contributed by atoms with van der Waals surface area (Å²) in [4.78, 5) is 22.9. The van der Waals surface area contributed by atoms with Gasteiger partial charge in [0.25, 0.3) is 0 Å². The van der Waals surface area contributed by atoms with Crippen LogP contribution in [0.2, 0.25) is 0 Å². The molecule has 0 saturated heterocycles. The highest BCUT2D eigenvalue weighted by Gasteiger charge is 2.21. The molecular weight excluding hydrogens is 446 g/mol. The predicted octanol–water partition coefficient (Wildman–Crippen LogP) is 5.91. The molecule has 0 radical (unpaired) electrons. The maximum atomic E-state index is 11.9. The first-order chi connectivity index (χ1) is 15.4. The summed E-state index contributed by atoms with van der Waals surface area (Å²) in [7, 11) is 0. The van der Waals surface area contributed by atoms with Crippen LogP contribution >= 0.6 is 23.1 Å². The van der Waals surface area contributed by atoms with Gasteiger partial charge in [-0.25, -0.2) is 14.8 Å². The lowest BCUT2D eigenvalue weighted by Crippen LogP contribution is -2.05. The zero-order chi connectivity index (χ0) is 22.8. The first-order valence-corrected chi connectivity index (χ1v) is 12.0. The van der Waals surface area contributed by atoms with Gasteiger partial charge < -0.3 is 19.9 Å². The fraction of sp³-hybridized carbons (Fsp3) is 0.261. The van der Waals surface area contributed by atoms with Crippen LogP contribution in [0, 0.1) is 5.92 Å². The van der Waals surface area contributed by atoms with Gasteiger partial charge in [0.2, 0.25) is 6.79 Å². The lowest BCUT2D eigenvalue weighted by molar-refractivity contribution is 0.0697. The fourth-order valence-corrected chi connectivity index (χ4v) is 4.82. The average Bonchev–Trinajstić information content (AvgIpc) is 3.39. The van der Waals surface area contributed by atoms with Crippen molar-refractivity contribution >= 4 is 44.9 Å². The molecule has 0 unspecified atom stereocenters. The molecule has 166 valence electrons. The van der Waals surface area contributed by atoms with Crippen molar-refractivity contribution in [3.63, 3.8) is 0 Å². The second-order valence-electron chi connectivity index (χ2n) is 7.63. The lowest BCUT2D eigenvalue weighted by Gasteiger charge is -2.09. The third kappa shape index (κ3) is 4.58. The van der Waals surface area contributed by atoms with Crippen molar-refractivity contribution in [2.45, 2.75) is 20.3 Å². The van der Waals surface area contributed by atoms with E-state index in [9.17, 15) is 9.90 Å². The Morgan fingerprint density at radius 2 is 2.09 bits per heavy atom. The topological polar surface area (TPSA) is 93.6 Å². The number of carboxylic acid groups (broad SMARTS) is 1. The zero-order valence-corrected chi connectivity index (χ0v) is 19.6. The van der Waals surface area contributed by atoms with E-state index in [1.54, 1.807) is 12.3 Å². The lowest BCUT2D eigenvalue weighted by atomic mass is 10.0. The van der Waals surface area contributed by atoms with E-state index in [4.69, 9.17) is 14.5 Å². The Balaban J connectivity index is 1.71. The number of rotatable bonds is 8. The summed E-state index contributed by atoms with van der Waals surface area (Å²) in [6.45, 7) is 8.45. The number of carbonyl (C=O) groups is 1. The van der Waals surface area contributed by atoms with Crippen LogP contribution in [0.15, 0.2) is 37.0 Å². The molecule has 3 aromatic rings. The summed E-state index contributed by atoms with van der Waals surface area (Å²) in [6, 6.07) is 7.34. The number of ether oxygens (including phenoxy) is 2. The summed E-state index contributed by atoms with van der Waals surface area (Å²) in [5.41, 5.74) is 2.52. The molecule has 4 rings (SSSR count). The van der Waals surface area contributed by atoms with Crippen molar-refractivity contribution in [1.29, 1.82) is 0 Å². The van der Waals surface area contributed by atoms with E-state index in [-0.39, 0.29) is 18.2 Å². The first kappa shape index (κ1) is 22.2. The number of hydrogen-bond donors (Lipinski definition) is 2. The number of anilines is 2. The third-order valence-electron chi connectivity index (χ3n) is 4.85. The Morgan fingerprint density at radius 3 is 2.81 bits per heavy atom. The molecule has 0 atom stereocenters. The van der Waals surface area contributed by atoms with E-state index < -0.39 is 5.97 Å². The molecule has 0 aliphatic carbocycles. The van der Waals surface area contributed by atoms with E-state index in [0.29, 0.717) is 22.4 Å². The summed E-state index contributed by atoms with van der Waals surface area (Å²) >= 11 is 2.95. The number of thiazole rings is 1. The smallest absolute Gasteiger partial charge is 0.339 e. The van der Waals surface area contributed by atoms with Crippen LogP contribution in [0.3, 0.4) is 0 Å². The third-order valence-corrected chi connectivity index (χ3v) is 6.57. The molecule has 0 fully saturated rings. The van der Waals surface area contributed by atoms with Crippen molar-refractivity contribution in [3.05, 3.63) is 53.0 Å². The first-order valence-electron chi connectivity index (χ1n) is 9.99. The van der Waals surface area contributed by atoms with Gasteiger partial charge >= 0.3 is 5.97 Å². The summed E-state index contributed by atoms with van der Waals surface area (Å²) in [6.07, 6.45) is 4.35. The largest absolute Gasteiger partial charge is 0.478 e. The van der Waals surface area contributed by atoms with Gasteiger partial charge in [0.1, 0.15) is 11.4 Å². The highest BCUT2D eigenvalue weighted by molar-refractivity contribution is 8.07. The Kier molecular flexibility index (Phi) is 6.38. The van der Waals surface area contributed by atoms with Gasteiger partial charge in [-0.3, -0.25) is 0 Å². The average molecular weight is 470 g/mol. The van der Waals surface area contributed by atoms with Crippen LogP contribution in [0.4, 0.5) is 10.9 Å². The van der Waals surface area contributed by atoms with E-state index in [0.717, 1.165) is 33.2 Å². The van der Waals surface area contributed by atoms with Crippen molar-refractivity contribution in [2.75, 3.05) is 18.4 Å². The quantitative estimate of drug-likeness (QED) is 0.421. The van der Waals surface area contributed by atoms with Gasteiger partial charge in [-0.15, -0.1) is 23.1 Å². The van der Waals surface area contributed by atoms with Gasteiger partial charge in [-0.05, 0) is 42.9 Å². The molecule has 0 saturated carbocycles. The summed E-state index contributed by atoms with van der Waals surface area (Å²) < 4.78 is 10.9. The Bertz CT molecular complexity index is 1190. The van der Waals surface area contributed by atoms with Crippen molar-refractivity contribution < 1.29 is 19.4 Å². The van der Waals surface area contributed by atoms with Gasteiger partial charge in [0, 0.05) is 27.1 Å². The number of nitrogens with zero attached hydrogens (tertiary/aromatic N) is 2. The molecule has 1 aliphatic rings. The molecule has 1 aromatic carbocycles. The van der Waals surface area contributed by atoms with Crippen molar-refractivity contribution in [2.24, 2.45) is 5.92 Å². The van der Waals surface area contributed by atoms with Crippen LogP contribution in [0.1, 0.15) is 34.6 Å². The number of carboxylic acids is 1. The predicted molar refractivity (Wildman–Crippen MR) is 129 cm³/mol. The van der Waals surface area contributed by atoms with E-state index in [1.807, 2.05) is 24.5 Å². The number of aromatic carboxylic acids is 1. The van der Waals surface area contributed by atoms with Crippen molar-refractivity contribution in [3.8, 4) is 22.8 Å². The fourth-order valence-electron chi connectivity index (χ4n) is 3.28. The number of pyridine rings is 1. The molecule has 3 heterocycles. The highest BCUT2D eigenvalue weighted by atomic mass is 32.2. The molecule has 7 nitrogen and oxygen atoms in total. The maximum Gasteiger partial charge on any atom is 0.339 e. The second-order valence-corrected chi connectivity index (χ2v) is 9.62. The second kappa shape index (κ2) is 9.22. The minimum Gasteiger partial charge on any atom is -0.478 e. The van der Waals surface area contributed by atoms with E-state index in [2.05, 4.69) is 30.7 Å². The van der Waals surface area contributed by atoms with Crippen LogP contribution in [0.25, 0.3) is 16.2 Å². The van der Waals surface area contributed by atoms with Crippen LogP contribution in [0.5, 0.6) is 11.5 Å². The Hall–Kier alpha value is -3.04. The number of hydrogen-bond acceptors (Lipinski definition) is 8. The Morgan fingerprint density at radius 1 is 1.31 bits per heavy atom. The molecule has 0 bridgehead atoms. The van der Waals surface area contributed by atoms with Gasteiger partial charge in [-0.2, -0.15) is 0 Å². The molecule has 0 amide bonds. The SMILES string of the molecule is C=C(SC)c1cnc(Nc2nc(-c3ccc4c(c3)OCO4)c(CC(C)C)s2)c(C(=O)O)c1. The number of fused-ring (bicyclic) bond motifs is 1. The molecular formula is C23H23N3O4S2. The Labute approximate surface area is 194 Å². The van der Waals surface area contributed by atoms with Crippen LogP contribution < -0.4 is 14.8 Å². The normalized spacial score (nSPS) is 12.2. The van der Waals surface area contributed by atoms with Gasteiger partial charge in [0.05, 0.1) is 5.69 Å². The molecule has 0 spiro atoms. The maximum absolute atomic E-state index is 11.9. The minimum atomic E-state index is -1.06. The zero-order valence-electron chi connectivity index (χ0n) is 18.0. The number of aromatic nitrogens is 2. The van der Waals surface area contributed by atoms with Crippen LogP contribution in [-0.4, -0.2) is 34.1 Å². The number of nitrogens with one attached hydrogen (secondary N) is 1. The van der Waals surface area contributed by atoms with Gasteiger partial charge in [0.15, 0.2) is 16.6 Å². The molecule has 9 heteroatoms. The molecule has 32 heavy (non-hydrogen) atoms. The van der Waals surface area contributed by atoms with E-state index >= 15 is 0 Å². The minimum absolute atomic E-state index is 0.0722. The summed E-state index contributed by atoms with van der Waals surface area (Å²) in [5, 5.41) is 13.4. The molecule has 2 N–H and O–H groups in total. The molecule has 1 aliphatic heterocycles. The van der Waals surface area contributed by atoms with E-state index in [1.165, 1.54) is 23.1 Å². The number of benzene rings is 1. The number of thioether (sulfide) groups is 1. The van der Waals surface area contributed by atoms with Crippen LogP contribution in [-0.2, 0) is 6.42 Å². The summed E-state index contributed by atoms with van der Waals surface area (Å²) in [5.74, 6) is 1.03. The van der Waals surface area contributed by atoms with Crippen molar-refractivity contribution in [1.82, 2.24) is 9.97 Å². The molecule has 2 aromatic heterocycles. The monoisotopic (exact) mass is 469 g/mol. The standard InChI is InChI=1S/C23H23N3O4S2/c1-12(2)7-19-20(14-5-6-17-18(9-14)30-11-29-17)25-23(32-19)26-21-16(22(27)28)8-15(10-24-21)13(3)31-4/h5-6,8-10,12H,3,7,11H2,1-2,4H3,(H,27,28)(H,24,25,26). The van der Waals surface area contributed by atoms with Gasteiger partial charge in [-0.1, -0.05) is 20.4 Å². The highest BCUT2D eigenvalue weighted by Crippen LogP contribution is 2.40.